The Morgan fingerprint density at radius 2 is 1.64 bits per heavy atom. The summed E-state index contributed by atoms with van der Waals surface area (Å²) in [5.41, 5.74) is 9.49. The third-order valence-corrected chi connectivity index (χ3v) is 3.29. The molecule has 4 heteroatoms. The summed E-state index contributed by atoms with van der Waals surface area (Å²) in [6.45, 7) is 2.20. The number of nitrogens with two attached hydrogens (primary N) is 1. The molecule has 0 bridgehead atoms. The van der Waals surface area contributed by atoms with Gasteiger partial charge in [0.25, 0.3) is 0 Å². The van der Waals surface area contributed by atoms with Crippen molar-refractivity contribution < 1.29 is 9.53 Å². The van der Waals surface area contributed by atoms with Gasteiger partial charge in [-0.15, -0.1) is 12.4 Å². The van der Waals surface area contributed by atoms with E-state index in [1.807, 2.05) is 18.2 Å². The van der Waals surface area contributed by atoms with Crippen molar-refractivity contribution in [2.45, 2.75) is 25.8 Å². The fourth-order valence-electron chi connectivity index (χ4n) is 2.27. The topological polar surface area (TPSA) is 52.3 Å². The first-order chi connectivity index (χ1) is 10.2. The molecule has 0 unspecified atom stereocenters. The molecule has 0 saturated heterocycles. The molecule has 0 fully saturated rings. The molecule has 22 heavy (non-hydrogen) atoms. The molecular weight excluding hydrogens is 298 g/mol. The van der Waals surface area contributed by atoms with E-state index in [-0.39, 0.29) is 30.8 Å². The Labute approximate surface area is 137 Å². The Morgan fingerprint density at radius 1 is 1.05 bits per heavy atom. The highest BCUT2D eigenvalue weighted by atomic mass is 35.5. The molecule has 0 aliphatic rings. The number of benzene rings is 2. The van der Waals surface area contributed by atoms with Gasteiger partial charge in [0.2, 0.25) is 0 Å². The lowest BCUT2D eigenvalue weighted by Crippen LogP contribution is -2.27. The van der Waals surface area contributed by atoms with Crippen LogP contribution in [0.1, 0.15) is 18.9 Å². The molecule has 0 spiro atoms. The minimum atomic E-state index is -0.231. The molecule has 2 aromatic rings. The third-order valence-electron chi connectivity index (χ3n) is 3.29. The summed E-state index contributed by atoms with van der Waals surface area (Å²) in [5, 5.41) is 0. The van der Waals surface area contributed by atoms with Crippen LogP contribution in [0.2, 0.25) is 0 Å². The second kappa shape index (κ2) is 9.23. The molecule has 0 radical (unpaired) electrons. The predicted octanol–water partition coefficient (Wildman–Crippen LogP) is 3.60. The smallest absolute Gasteiger partial charge is 0.307 e. The van der Waals surface area contributed by atoms with E-state index < -0.39 is 0 Å². The van der Waals surface area contributed by atoms with Crippen molar-refractivity contribution in [2.24, 2.45) is 5.73 Å². The number of rotatable bonds is 6. The van der Waals surface area contributed by atoms with Crippen LogP contribution in [0.15, 0.2) is 54.6 Å². The average Bonchev–Trinajstić information content (AvgIpc) is 2.49. The number of halogens is 1. The molecule has 0 aromatic heterocycles. The zero-order chi connectivity index (χ0) is 15.1. The maximum atomic E-state index is 11.4. The van der Waals surface area contributed by atoms with Crippen molar-refractivity contribution >= 4 is 18.4 Å². The van der Waals surface area contributed by atoms with Gasteiger partial charge in [-0.2, -0.15) is 0 Å². The monoisotopic (exact) mass is 319 g/mol. The van der Waals surface area contributed by atoms with Crippen LogP contribution in [-0.4, -0.2) is 18.6 Å². The molecule has 0 saturated carbocycles. The van der Waals surface area contributed by atoms with E-state index in [1.54, 1.807) is 6.92 Å². The lowest BCUT2D eigenvalue weighted by molar-refractivity contribution is -0.143. The van der Waals surface area contributed by atoms with Gasteiger partial charge >= 0.3 is 5.97 Å². The number of hydrogen-bond donors (Lipinski definition) is 1. The molecule has 0 amide bonds. The molecule has 0 heterocycles. The second-order valence-electron chi connectivity index (χ2n) is 5.04. The Hall–Kier alpha value is -1.84. The summed E-state index contributed by atoms with van der Waals surface area (Å²) >= 11 is 0. The second-order valence-corrected chi connectivity index (χ2v) is 5.04. The molecule has 2 rings (SSSR count). The highest BCUT2D eigenvalue weighted by molar-refractivity contribution is 5.85. The van der Waals surface area contributed by atoms with Crippen molar-refractivity contribution in [3.05, 3.63) is 60.2 Å². The molecule has 1 atom stereocenters. The molecule has 2 aromatic carbocycles. The van der Waals surface area contributed by atoms with Crippen molar-refractivity contribution in [3.8, 4) is 11.1 Å². The van der Waals surface area contributed by atoms with Crippen LogP contribution >= 0.6 is 12.4 Å². The van der Waals surface area contributed by atoms with E-state index in [4.69, 9.17) is 10.5 Å². The standard InChI is InChI=1S/C18H21NO2.ClH/c1-2-21-18(20)13-17(19)12-14-8-10-16(11-9-14)15-6-4-3-5-7-15;/h3-11,17H,2,12-13,19H2,1H3;1H/t17-;/m1./s1. The lowest BCUT2D eigenvalue weighted by atomic mass is 10.00. The Bertz CT molecular complexity index is 569. The van der Waals surface area contributed by atoms with Gasteiger partial charge in [-0.05, 0) is 30.0 Å². The third kappa shape index (κ3) is 5.51. The largest absolute Gasteiger partial charge is 0.466 e. The van der Waals surface area contributed by atoms with Gasteiger partial charge in [-0.1, -0.05) is 54.6 Å². The van der Waals surface area contributed by atoms with E-state index in [9.17, 15) is 4.79 Å². The predicted molar refractivity (Wildman–Crippen MR) is 92.1 cm³/mol. The summed E-state index contributed by atoms with van der Waals surface area (Å²) in [6.07, 6.45) is 0.933. The summed E-state index contributed by atoms with van der Waals surface area (Å²) in [7, 11) is 0. The van der Waals surface area contributed by atoms with Crippen LogP contribution in [0.4, 0.5) is 0 Å². The minimum Gasteiger partial charge on any atom is -0.466 e. The maximum Gasteiger partial charge on any atom is 0.307 e. The zero-order valence-corrected chi connectivity index (χ0v) is 13.5. The highest BCUT2D eigenvalue weighted by Gasteiger charge is 2.11. The molecule has 2 N–H and O–H groups in total. The molecule has 118 valence electrons. The Kier molecular flexibility index (Phi) is 7.64. The molecular formula is C18H22ClNO2. The van der Waals surface area contributed by atoms with Crippen LogP contribution in [0.3, 0.4) is 0 Å². The summed E-state index contributed by atoms with van der Waals surface area (Å²) in [5.74, 6) is -0.231. The van der Waals surface area contributed by atoms with E-state index in [2.05, 4.69) is 36.4 Å². The zero-order valence-electron chi connectivity index (χ0n) is 12.7. The first-order valence-corrected chi connectivity index (χ1v) is 7.24. The lowest BCUT2D eigenvalue weighted by Gasteiger charge is -2.11. The average molecular weight is 320 g/mol. The van der Waals surface area contributed by atoms with Crippen LogP contribution < -0.4 is 5.73 Å². The van der Waals surface area contributed by atoms with Gasteiger partial charge in [0.15, 0.2) is 0 Å². The van der Waals surface area contributed by atoms with E-state index in [0.717, 1.165) is 5.56 Å². The number of esters is 1. The van der Waals surface area contributed by atoms with Crippen molar-refractivity contribution in [1.82, 2.24) is 0 Å². The van der Waals surface area contributed by atoms with Gasteiger partial charge in [0.05, 0.1) is 13.0 Å². The normalized spacial score (nSPS) is 11.4. The van der Waals surface area contributed by atoms with Gasteiger partial charge in [0, 0.05) is 6.04 Å². The first kappa shape index (κ1) is 18.2. The Balaban J connectivity index is 0.00000242. The van der Waals surface area contributed by atoms with Crippen molar-refractivity contribution in [1.29, 1.82) is 0 Å². The number of carbonyl (C=O) groups excluding carboxylic acids is 1. The number of carbonyl (C=O) groups is 1. The van der Waals surface area contributed by atoms with Crippen LogP contribution in [0.25, 0.3) is 11.1 Å². The number of ether oxygens (including phenoxy) is 1. The van der Waals surface area contributed by atoms with E-state index >= 15 is 0 Å². The van der Waals surface area contributed by atoms with Crippen LogP contribution in [0.5, 0.6) is 0 Å². The van der Waals surface area contributed by atoms with Crippen LogP contribution in [-0.2, 0) is 16.0 Å². The fraction of sp³-hybridized carbons (Fsp3) is 0.278. The van der Waals surface area contributed by atoms with Gasteiger partial charge in [0.1, 0.15) is 0 Å². The van der Waals surface area contributed by atoms with Gasteiger partial charge in [-0.25, -0.2) is 0 Å². The Morgan fingerprint density at radius 3 is 2.23 bits per heavy atom. The van der Waals surface area contributed by atoms with Crippen molar-refractivity contribution in [2.75, 3.05) is 6.61 Å². The van der Waals surface area contributed by atoms with Gasteiger partial charge < -0.3 is 10.5 Å². The SMILES string of the molecule is CCOC(=O)C[C@H](N)Cc1ccc(-c2ccccc2)cc1.Cl. The van der Waals surface area contributed by atoms with E-state index in [1.165, 1.54) is 11.1 Å². The highest BCUT2D eigenvalue weighted by Crippen LogP contribution is 2.19. The summed E-state index contributed by atoms with van der Waals surface area (Å²) in [6, 6.07) is 18.3. The number of hydrogen-bond acceptors (Lipinski definition) is 3. The van der Waals surface area contributed by atoms with Crippen LogP contribution in [0, 0.1) is 0 Å². The summed E-state index contributed by atoms with van der Waals surface area (Å²) in [4.78, 5) is 11.4. The first-order valence-electron chi connectivity index (χ1n) is 7.24. The maximum absolute atomic E-state index is 11.4. The molecule has 0 aliphatic carbocycles. The fourth-order valence-corrected chi connectivity index (χ4v) is 2.27. The van der Waals surface area contributed by atoms with E-state index in [0.29, 0.717) is 13.0 Å². The quantitative estimate of drug-likeness (QED) is 0.828. The minimum absolute atomic E-state index is 0. The summed E-state index contributed by atoms with van der Waals surface area (Å²) < 4.78 is 4.91. The molecule has 0 aliphatic heterocycles. The molecule has 3 nitrogen and oxygen atoms in total. The van der Waals surface area contributed by atoms with Crippen molar-refractivity contribution in [3.63, 3.8) is 0 Å². The van der Waals surface area contributed by atoms with Gasteiger partial charge in [-0.3, -0.25) is 4.79 Å².